The van der Waals surface area contributed by atoms with E-state index in [9.17, 15) is 9.90 Å². The lowest BCUT2D eigenvalue weighted by molar-refractivity contribution is -0.114. The van der Waals surface area contributed by atoms with Crippen molar-refractivity contribution in [3.05, 3.63) is 266 Å². The number of nitrogens with zero attached hydrogens (tertiary/aromatic N) is 4. The minimum atomic E-state index is -0.0981. The summed E-state index contributed by atoms with van der Waals surface area (Å²) in [4.78, 5) is 22.4. The Bertz CT molecular complexity index is 3480. The van der Waals surface area contributed by atoms with Crippen LogP contribution >= 0.6 is 0 Å². The quantitative estimate of drug-likeness (QED) is 0.0918. The third kappa shape index (κ3) is 8.99. The highest BCUT2D eigenvalue weighted by Gasteiger charge is 2.29. The molecule has 10 aromatic rings. The predicted molar refractivity (Wildman–Crippen MR) is 307 cm³/mol. The molecular formula is C68H54N4O2. The Morgan fingerprint density at radius 1 is 0.378 bits per heavy atom. The van der Waals surface area contributed by atoms with Gasteiger partial charge in [0, 0.05) is 35.2 Å². The van der Waals surface area contributed by atoms with Crippen LogP contribution in [0.2, 0.25) is 0 Å². The normalized spacial score (nSPS) is 13.0. The van der Waals surface area contributed by atoms with Gasteiger partial charge in [0.25, 0.3) is 0 Å². The van der Waals surface area contributed by atoms with E-state index in [0.717, 1.165) is 72.6 Å². The molecule has 0 fully saturated rings. The lowest BCUT2D eigenvalue weighted by atomic mass is 9.86. The van der Waals surface area contributed by atoms with Crippen LogP contribution in [-0.4, -0.2) is 24.2 Å². The van der Waals surface area contributed by atoms with Crippen LogP contribution in [0.25, 0.3) is 55.6 Å². The molecule has 6 heteroatoms. The fraction of sp³-hybridized carbons (Fsp3) is 0.0735. The molecule has 0 amide bonds. The Labute approximate surface area is 433 Å². The molecule has 0 aromatic heterocycles. The van der Waals surface area contributed by atoms with Crippen LogP contribution in [0.3, 0.4) is 0 Å². The molecule has 2 aliphatic rings. The van der Waals surface area contributed by atoms with Crippen molar-refractivity contribution in [2.75, 3.05) is 32.9 Å². The van der Waals surface area contributed by atoms with E-state index in [1.807, 2.05) is 6.07 Å². The van der Waals surface area contributed by atoms with Crippen LogP contribution in [0.15, 0.2) is 261 Å². The number of aliphatic hydroxyl groups excluding tert-OH is 1. The summed E-state index contributed by atoms with van der Waals surface area (Å²) in [7, 11) is 0. The largest absolute Gasteiger partial charge is 0.512 e. The number of hydrogen-bond acceptors (Lipinski definition) is 6. The van der Waals surface area contributed by atoms with E-state index in [1.165, 1.54) is 47.1 Å². The van der Waals surface area contributed by atoms with Gasteiger partial charge in [0.2, 0.25) is 0 Å². The van der Waals surface area contributed by atoms with Crippen molar-refractivity contribution < 1.29 is 9.90 Å². The second-order valence-corrected chi connectivity index (χ2v) is 19.0. The second kappa shape index (κ2) is 20.0. The Morgan fingerprint density at radius 3 is 1.08 bits per heavy atom. The summed E-state index contributed by atoms with van der Waals surface area (Å²) in [6.07, 6.45) is 2.15. The van der Waals surface area contributed by atoms with Gasteiger partial charge in [0.1, 0.15) is 13.3 Å². The number of carbonyl (C=O) groups is 1. The first kappa shape index (κ1) is 45.7. The van der Waals surface area contributed by atoms with E-state index in [1.54, 1.807) is 0 Å². The van der Waals surface area contributed by atoms with E-state index in [4.69, 9.17) is 0 Å². The second-order valence-electron chi connectivity index (χ2n) is 19.0. The highest BCUT2D eigenvalue weighted by Crippen LogP contribution is 2.47. The van der Waals surface area contributed by atoms with Gasteiger partial charge in [0.15, 0.2) is 5.78 Å². The van der Waals surface area contributed by atoms with Crippen LogP contribution in [0.1, 0.15) is 18.9 Å². The molecule has 74 heavy (non-hydrogen) atoms. The molecule has 0 aliphatic carbocycles. The van der Waals surface area contributed by atoms with Crippen molar-refractivity contribution >= 4 is 51.3 Å². The van der Waals surface area contributed by atoms with Crippen molar-refractivity contribution in [2.45, 2.75) is 19.8 Å². The minimum absolute atomic E-state index is 0.0226. The van der Waals surface area contributed by atoms with Gasteiger partial charge in [-0.25, -0.2) is 0 Å². The summed E-state index contributed by atoms with van der Waals surface area (Å²) in [5, 5.41) is 9.87. The number of para-hydroxylation sites is 6. The summed E-state index contributed by atoms with van der Waals surface area (Å²) in [5.74, 6) is -0.0755. The first-order valence-electron chi connectivity index (χ1n) is 25.3. The molecule has 0 saturated carbocycles. The lowest BCUT2D eigenvalue weighted by Gasteiger charge is -2.22. The average Bonchev–Trinajstić information content (AvgIpc) is 4.05. The topological polar surface area (TPSA) is 50.3 Å². The van der Waals surface area contributed by atoms with Gasteiger partial charge in [-0.2, -0.15) is 0 Å². The Morgan fingerprint density at radius 2 is 0.689 bits per heavy atom. The van der Waals surface area contributed by atoms with Gasteiger partial charge < -0.3 is 24.7 Å². The molecule has 10 aromatic carbocycles. The van der Waals surface area contributed by atoms with E-state index in [0.29, 0.717) is 26.2 Å². The smallest absolute Gasteiger partial charge is 0.159 e. The van der Waals surface area contributed by atoms with E-state index < -0.39 is 0 Å². The number of aliphatic hydroxyl groups is 1. The van der Waals surface area contributed by atoms with Crippen molar-refractivity contribution in [2.24, 2.45) is 0 Å². The zero-order chi connectivity index (χ0) is 50.0. The van der Waals surface area contributed by atoms with Gasteiger partial charge >= 0.3 is 0 Å². The molecule has 2 aliphatic heterocycles. The number of carbonyl (C=O) groups excluding carboxylic acids is 1. The summed E-state index contributed by atoms with van der Waals surface area (Å²) in [5.41, 5.74) is 21.5. The number of benzene rings is 10. The first-order chi connectivity index (χ1) is 36.4. The van der Waals surface area contributed by atoms with Crippen molar-refractivity contribution in [3.8, 4) is 55.6 Å². The summed E-state index contributed by atoms with van der Waals surface area (Å²) in [6.45, 7) is 2.97. The number of rotatable bonds is 13. The molecule has 358 valence electrons. The fourth-order valence-electron chi connectivity index (χ4n) is 10.8. The summed E-state index contributed by atoms with van der Waals surface area (Å²) < 4.78 is 0. The van der Waals surface area contributed by atoms with Crippen LogP contribution in [0.4, 0.5) is 45.5 Å². The fourth-order valence-corrected chi connectivity index (χ4v) is 10.8. The maximum absolute atomic E-state index is 12.9. The van der Waals surface area contributed by atoms with Crippen molar-refractivity contribution in [1.29, 1.82) is 0 Å². The Kier molecular flexibility index (Phi) is 12.4. The number of anilines is 8. The molecule has 0 atom stereocenters. The monoisotopic (exact) mass is 958 g/mol. The molecule has 12 rings (SSSR count). The molecule has 2 heterocycles. The number of ketones is 1. The van der Waals surface area contributed by atoms with Crippen molar-refractivity contribution in [1.82, 2.24) is 0 Å². The third-order valence-electron chi connectivity index (χ3n) is 14.4. The third-order valence-corrected chi connectivity index (χ3v) is 14.4. The summed E-state index contributed by atoms with van der Waals surface area (Å²) >= 11 is 0. The van der Waals surface area contributed by atoms with Gasteiger partial charge in [-0.15, -0.1) is 0 Å². The highest BCUT2D eigenvalue weighted by atomic mass is 16.3. The Hall–Kier alpha value is -9.39. The number of hydrogen-bond donors (Lipinski definition) is 1. The zero-order valence-corrected chi connectivity index (χ0v) is 41.2. The molecule has 0 unspecified atom stereocenters. The molecule has 0 spiro atoms. The Balaban J connectivity index is 0.921. The van der Waals surface area contributed by atoms with Crippen LogP contribution < -0.4 is 19.6 Å². The standard InChI is InChI=1S/C68H54N4O2/c1-48(73)42-59(74)41-36-49-18-8-9-23-60(49)52-43-53(63-26-12-10-24-61(63)50-32-37-57(38-33-50)71-46-69(55-19-4-2-5-20-55)65-28-14-16-30-67(65)71)45-54(44-52)64-27-13-11-25-62(64)51-34-39-58(40-35-51)72-47-70(56-21-6-3-7-22-56)66-29-15-17-31-68(66)72/h2-35,37-40,42-45,73H,36,41,46-47H2,1H3/b48-42-. The highest BCUT2D eigenvalue weighted by molar-refractivity contribution is 5.95. The van der Waals surface area contributed by atoms with Gasteiger partial charge in [0.05, 0.1) is 28.5 Å². The average molecular weight is 959 g/mol. The maximum Gasteiger partial charge on any atom is 0.159 e. The summed E-state index contributed by atoms with van der Waals surface area (Å²) in [6, 6.07) is 89.2. The molecule has 0 radical (unpaired) electrons. The van der Waals surface area contributed by atoms with E-state index in [2.05, 4.69) is 262 Å². The van der Waals surface area contributed by atoms with Crippen LogP contribution in [0, 0.1) is 0 Å². The first-order valence-corrected chi connectivity index (χ1v) is 25.3. The minimum Gasteiger partial charge on any atom is -0.512 e. The molecule has 0 bridgehead atoms. The number of aryl methyl sites for hydroxylation is 1. The van der Waals surface area contributed by atoms with Gasteiger partial charge in [-0.3, -0.25) is 4.79 Å². The van der Waals surface area contributed by atoms with Gasteiger partial charge in [-0.1, -0.05) is 158 Å². The molecule has 1 N–H and O–H groups in total. The van der Waals surface area contributed by atoms with Crippen LogP contribution in [-0.2, 0) is 11.2 Å². The lowest BCUT2D eigenvalue weighted by Crippen LogP contribution is -2.23. The zero-order valence-electron chi connectivity index (χ0n) is 41.2. The molecule has 6 nitrogen and oxygen atoms in total. The number of allylic oxidation sites excluding steroid dienone is 2. The predicted octanol–water partition coefficient (Wildman–Crippen LogP) is 17.5. The molecular weight excluding hydrogens is 905 g/mol. The van der Waals surface area contributed by atoms with E-state index >= 15 is 0 Å². The van der Waals surface area contributed by atoms with Crippen LogP contribution in [0.5, 0.6) is 0 Å². The number of fused-ring (bicyclic) bond motifs is 2. The van der Waals surface area contributed by atoms with Gasteiger partial charge in [-0.05, 0) is 166 Å². The molecule has 0 saturated heterocycles. The maximum atomic E-state index is 12.9. The van der Waals surface area contributed by atoms with Crippen molar-refractivity contribution in [3.63, 3.8) is 0 Å². The SMILES string of the molecule is C/C(O)=C/C(=O)CCc1ccccc1-c1cc(-c2ccccc2-c2ccc(N3CN(c4ccccc4)c4ccccc43)cc2)cc(-c2ccccc2-c2ccc(N3CN(c4ccccc4)c4ccccc43)cc2)c1. The van der Waals surface area contributed by atoms with E-state index in [-0.39, 0.29) is 11.5 Å².